The molecule has 0 saturated carbocycles. The highest BCUT2D eigenvalue weighted by Crippen LogP contribution is 2.08. The topological polar surface area (TPSA) is 244 Å². The number of carbonyl (C=O) groups is 4. The second-order valence-corrected chi connectivity index (χ2v) is 9.72. The summed E-state index contributed by atoms with van der Waals surface area (Å²) in [5.74, 6) is -3.59. The number of aromatic nitrogens is 2. The van der Waals surface area contributed by atoms with Crippen molar-refractivity contribution in [2.24, 2.45) is 28.1 Å². The van der Waals surface area contributed by atoms with Crippen molar-refractivity contribution >= 4 is 29.7 Å². The molecule has 40 heavy (non-hydrogen) atoms. The number of nitrogens with two attached hydrogens (primary N) is 3. The lowest BCUT2D eigenvalue weighted by molar-refractivity contribution is -0.142. The summed E-state index contributed by atoms with van der Waals surface area (Å²) in [6.07, 6.45) is 3.62. The van der Waals surface area contributed by atoms with Gasteiger partial charge in [0, 0.05) is 24.9 Å². The van der Waals surface area contributed by atoms with E-state index in [4.69, 9.17) is 17.2 Å². The molecule has 4 atom stereocenters. The quantitative estimate of drug-likeness (QED) is 0.0698. The molecule has 4 unspecified atom stereocenters. The summed E-state index contributed by atoms with van der Waals surface area (Å²) >= 11 is 0. The third kappa shape index (κ3) is 10.7. The first kappa shape index (κ1) is 31.8. The Morgan fingerprint density at radius 3 is 2.23 bits per heavy atom. The van der Waals surface area contributed by atoms with Crippen LogP contribution in [-0.2, 0) is 32.0 Å². The van der Waals surface area contributed by atoms with Gasteiger partial charge in [0.25, 0.3) is 0 Å². The van der Waals surface area contributed by atoms with E-state index in [1.807, 2.05) is 30.3 Å². The van der Waals surface area contributed by atoms with Crippen LogP contribution in [0.1, 0.15) is 37.9 Å². The number of aliphatic carboxylic acids is 1. The number of hydrogen-bond acceptors (Lipinski definition) is 7. The number of nitrogens with zero attached hydrogens (tertiary/aromatic N) is 2. The molecule has 218 valence electrons. The summed E-state index contributed by atoms with van der Waals surface area (Å²) in [5.41, 5.74) is 18.2. The molecule has 0 bridgehead atoms. The van der Waals surface area contributed by atoms with E-state index in [-0.39, 0.29) is 31.8 Å². The molecular weight excluding hydrogens is 518 g/mol. The Hall–Kier alpha value is -4.46. The first-order valence-electron chi connectivity index (χ1n) is 12.9. The third-order valence-corrected chi connectivity index (χ3v) is 6.05. The second kappa shape index (κ2) is 15.8. The van der Waals surface area contributed by atoms with Crippen LogP contribution in [0.2, 0.25) is 0 Å². The Labute approximate surface area is 232 Å². The summed E-state index contributed by atoms with van der Waals surface area (Å²) in [6, 6.07) is 4.91. The van der Waals surface area contributed by atoms with Gasteiger partial charge in [-0.1, -0.05) is 44.2 Å². The predicted molar refractivity (Wildman–Crippen MR) is 149 cm³/mol. The number of carboxylic acid groups (broad SMARTS) is 1. The van der Waals surface area contributed by atoms with Gasteiger partial charge in [-0.15, -0.1) is 0 Å². The van der Waals surface area contributed by atoms with E-state index in [2.05, 4.69) is 30.9 Å². The van der Waals surface area contributed by atoms with Crippen LogP contribution in [0.25, 0.3) is 0 Å². The van der Waals surface area contributed by atoms with Crippen molar-refractivity contribution in [2.45, 2.75) is 63.7 Å². The largest absolute Gasteiger partial charge is 0.480 e. The van der Waals surface area contributed by atoms with Crippen LogP contribution < -0.4 is 33.2 Å². The number of aromatic amines is 1. The summed E-state index contributed by atoms with van der Waals surface area (Å²) in [5, 5.41) is 17.4. The van der Waals surface area contributed by atoms with Crippen molar-refractivity contribution in [1.82, 2.24) is 25.9 Å². The first-order valence-corrected chi connectivity index (χ1v) is 12.9. The zero-order valence-corrected chi connectivity index (χ0v) is 22.7. The van der Waals surface area contributed by atoms with Crippen LogP contribution in [-0.4, -0.2) is 75.4 Å². The lowest BCUT2D eigenvalue weighted by Crippen LogP contribution is -2.58. The van der Waals surface area contributed by atoms with Gasteiger partial charge in [0.1, 0.15) is 18.1 Å². The van der Waals surface area contributed by atoms with E-state index in [1.165, 1.54) is 12.5 Å². The number of nitrogens with one attached hydrogen (secondary N) is 4. The number of hydrogen-bond donors (Lipinski definition) is 8. The molecule has 0 radical (unpaired) electrons. The van der Waals surface area contributed by atoms with Gasteiger partial charge in [0.05, 0.1) is 12.4 Å². The molecule has 14 heteroatoms. The molecule has 0 aliphatic heterocycles. The number of carboxylic acids is 1. The van der Waals surface area contributed by atoms with Crippen molar-refractivity contribution in [3.8, 4) is 0 Å². The monoisotopic (exact) mass is 557 g/mol. The van der Waals surface area contributed by atoms with Gasteiger partial charge in [-0.25, -0.2) is 9.78 Å². The summed E-state index contributed by atoms with van der Waals surface area (Å²) < 4.78 is 0. The highest BCUT2D eigenvalue weighted by atomic mass is 16.4. The van der Waals surface area contributed by atoms with E-state index in [9.17, 15) is 24.3 Å². The highest BCUT2D eigenvalue weighted by Gasteiger charge is 2.32. The maximum Gasteiger partial charge on any atom is 0.326 e. The van der Waals surface area contributed by atoms with Crippen LogP contribution in [0.15, 0.2) is 47.8 Å². The fourth-order valence-electron chi connectivity index (χ4n) is 3.88. The molecular formula is C26H39N9O5. The molecule has 0 saturated heterocycles. The van der Waals surface area contributed by atoms with Gasteiger partial charge in [0.15, 0.2) is 5.96 Å². The maximum atomic E-state index is 13.3. The Bertz CT molecular complexity index is 1130. The number of guanidine groups is 1. The summed E-state index contributed by atoms with van der Waals surface area (Å²) in [6.45, 7) is 3.63. The van der Waals surface area contributed by atoms with Gasteiger partial charge in [-0.05, 0) is 30.7 Å². The maximum absolute atomic E-state index is 13.3. The first-order chi connectivity index (χ1) is 19.0. The number of rotatable bonds is 16. The Kier molecular flexibility index (Phi) is 12.6. The number of H-pyrrole nitrogens is 1. The molecule has 11 N–H and O–H groups in total. The van der Waals surface area contributed by atoms with Crippen molar-refractivity contribution in [2.75, 3.05) is 6.54 Å². The number of carbonyl (C=O) groups excluding carboxylic acids is 3. The highest BCUT2D eigenvalue weighted by molar-refractivity contribution is 5.94. The molecule has 1 aromatic heterocycles. The standard InChI is InChI=1S/C26H39N9O5/c1-15(2)21(24(38)34-20(25(39)40)12-17-13-30-14-32-17)35-23(37)19(9-6-10-31-26(28)29)33-22(36)18(27)11-16-7-4-3-5-8-16/h3-5,7-8,13-15,18-21H,6,9-12,27H2,1-2H3,(H,30,32)(H,33,36)(H,34,38)(H,35,37)(H,39,40)(H4,28,29,31). The molecule has 0 fully saturated rings. The van der Waals surface area contributed by atoms with Crippen molar-refractivity contribution in [1.29, 1.82) is 0 Å². The molecule has 1 heterocycles. The molecule has 3 amide bonds. The van der Waals surface area contributed by atoms with Crippen molar-refractivity contribution in [3.63, 3.8) is 0 Å². The molecule has 2 rings (SSSR count). The third-order valence-electron chi connectivity index (χ3n) is 6.05. The number of benzene rings is 1. The Morgan fingerprint density at radius 2 is 1.65 bits per heavy atom. The zero-order chi connectivity index (χ0) is 29.7. The Morgan fingerprint density at radius 1 is 0.975 bits per heavy atom. The normalized spacial score (nSPS) is 13.9. The SMILES string of the molecule is CC(C)C(NC(=O)C(CCCN=C(N)N)NC(=O)C(N)Cc1ccccc1)C(=O)NC(Cc1cnc[nH]1)C(=O)O. The van der Waals surface area contributed by atoms with Gasteiger partial charge in [-0.2, -0.15) is 0 Å². The van der Waals surface area contributed by atoms with Gasteiger partial charge < -0.3 is 43.2 Å². The van der Waals surface area contributed by atoms with E-state index in [0.717, 1.165) is 5.56 Å². The van der Waals surface area contributed by atoms with Crippen LogP contribution in [0.4, 0.5) is 0 Å². The number of aliphatic imine (C=N–C) groups is 1. The van der Waals surface area contributed by atoms with E-state index in [0.29, 0.717) is 12.1 Å². The fraction of sp³-hybridized carbons (Fsp3) is 0.462. The molecule has 14 nitrogen and oxygen atoms in total. The molecule has 0 spiro atoms. The number of imidazole rings is 1. The molecule has 1 aromatic carbocycles. The van der Waals surface area contributed by atoms with Crippen LogP contribution >= 0.6 is 0 Å². The smallest absolute Gasteiger partial charge is 0.326 e. The molecule has 0 aliphatic rings. The van der Waals surface area contributed by atoms with Gasteiger partial charge in [-0.3, -0.25) is 19.4 Å². The van der Waals surface area contributed by atoms with E-state index >= 15 is 0 Å². The predicted octanol–water partition coefficient (Wildman–Crippen LogP) is -1.23. The summed E-state index contributed by atoms with van der Waals surface area (Å²) in [7, 11) is 0. The fourth-order valence-corrected chi connectivity index (χ4v) is 3.88. The van der Waals surface area contributed by atoms with Crippen LogP contribution in [0.3, 0.4) is 0 Å². The number of amides is 3. The van der Waals surface area contributed by atoms with Gasteiger partial charge in [0.2, 0.25) is 17.7 Å². The van der Waals surface area contributed by atoms with Crippen LogP contribution in [0.5, 0.6) is 0 Å². The van der Waals surface area contributed by atoms with Crippen LogP contribution in [0, 0.1) is 5.92 Å². The van der Waals surface area contributed by atoms with Crippen molar-refractivity contribution < 1.29 is 24.3 Å². The molecule has 2 aromatic rings. The minimum absolute atomic E-state index is 0.0252. The minimum Gasteiger partial charge on any atom is -0.480 e. The lowest BCUT2D eigenvalue weighted by atomic mass is 10.0. The second-order valence-electron chi connectivity index (χ2n) is 9.72. The zero-order valence-electron chi connectivity index (χ0n) is 22.7. The Balaban J connectivity index is 2.12. The average Bonchev–Trinajstić information content (AvgIpc) is 3.41. The average molecular weight is 558 g/mol. The molecule has 0 aliphatic carbocycles. The minimum atomic E-state index is -1.25. The van der Waals surface area contributed by atoms with Crippen molar-refractivity contribution in [3.05, 3.63) is 54.1 Å². The van der Waals surface area contributed by atoms with E-state index < -0.39 is 53.8 Å². The van der Waals surface area contributed by atoms with Gasteiger partial charge >= 0.3 is 5.97 Å². The summed E-state index contributed by atoms with van der Waals surface area (Å²) in [4.78, 5) is 61.6. The lowest BCUT2D eigenvalue weighted by Gasteiger charge is -2.27. The van der Waals surface area contributed by atoms with E-state index in [1.54, 1.807) is 13.8 Å².